The van der Waals surface area contributed by atoms with E-state index < -0.39 is 17.5 Å². The van der Waals surface area contributed by atoms with Crippen molar-refractivity contribution in [3.63, 3.8) is 0 Å². The molecule has 2 aromatic heterocycles. The molecule has 1 fully saturated rings. The molecule has 0 aliphatic carbocycles. The number of carbonyl (C=O) groups is 2. The van der Waals surface area contributed by atoms with E-state index in [1.165, 1.54) is 18.3 Å². The molecule has 0 unspecified atom stereocenters. The van der Waals surface area contributed by atoms with E-state index in [0.717, 1.165) is 0 Å². The second-order valence-corrected chi connectivity index (χ2v) is 9.24. The van der Waals surface area contributed by atoms with Crippen LogP contribution >= 0.6 is 0 Å². The van der Waals surface area contributed by atoms with Gasteiger partial charge in [-0.1, -0.05) is 30.3 Å². The number of nitrogens with zero attached hydrogens (tertiary/aromatic N) is 4. The highest BCUT2D eigenvalue weighted by atomic mass is 19.1. The number of carboxylic acid groups (broad SMARTS) is 1. The van der Waals surface area contributed by atoms with Crippen molar-refractivity contribution in [2.75, 3.05) is 31.1 Å². The number of halogens is 1. The predicted molar refractivity (Wildman–Crippen MR) is 130 cm³/mol. The van der Waals surface area contributed by atoms with Gasteiger partial charge in [-0.2, -0.15) is 4.39 Å². The Morgan fingerprint density at radius 3 is 2.29 bits per heavy atom. The first kappa shape index (κ1) is 24.1. The smallest absolute Gasteiger partial charge is 0.410 e. The lowest BCUT2D eigenvalue weighted by Gasteiger charge is -2.36. The van der Waals surface area contributed by atoms with Gasteiger partial charge in [0.25, 0.3) is 0 Å². The molecular weight excluding hydrogens is 451 g/mol. The number of amides is 1. The zero-order chi connectivity index (χ0) is 25.2. The maximum atomic E-state index is 14.0. The Bertz CT molecular complexity index is 1240. The predicted octanol–water partition coefficient (Wildman–Crippen LogP) is 4.71. The van der Waals surface area contributed by atoms with E-state index in [-0.39, 0.29) is 11.7 Å². The number of ether oxygens (including phenoxy) is 1. The van der Waals surface area contributed by atoms with Crippen molar-refractivity contribution in [2.45, 2.75) is 26.4 Å². The molecule has 182 valence electrons. The SMILES string of the molecule is CC(C)(C)OC(=O)N1CCN(c2cc(C(=O)O)c(-c3ccccc3)c(-c3ccnc(F)c3)n2)CC1. The molecule has 0 bridgehead atoms. The fraction of sp³-hybridized carbons (Fsp3) is 0.308. The standard InChI is InChI=1S/C26H27FN4O4/c1-26(2,3)35-25(34)31-13-11-30(12-14-31)21-16-19(24(32)33)22(17-7-5-4-6-8-17)23(29-21)18-9-10-28-20(27)15-18/h4-10,15-16H,11-14H2,1-3H3,(H,32,33). The molecule has 1 amide bonds. The lowest BCUT2D eigenvalue weighted by molar-refractivity contribution is 0.0240. The van der Waals surface area contributed by atoms with E-state index >= 15 is 0 Å². The quantitative estimate of drug-likeness (QED) is 0.543. The summed E-state index contributed by atoms with van der Waals surface area (Å²) in [4.78, 5) is 36.7. The Kier molecular flexibility index (Phi) is 6.68. The van der Waals surface area contributed by atoms with E-state index in [4.69, 9.17) is 9.72 Å². The van der Waals surface area contributed by atoms with Gasteiger partial charge in [0.15, 0.2) is 0 Å². The molecule has 0 saturated carbocycles. The number of carbonyl (C=O) groups excluding carboxylic acids is 1. The van der Waals surface area contributed by atoms with Gasteiger partial charge in [0.1, 0.15) is 11.4 Å². The topological polar surface area (TPSA) is 95.9 Å². The summed E-state index contributed by atoms with van der Waals surface area (Å²) in [5.41, 5.74) is 1.30. The fourth-order valence-electron chi connectivity index (χ4n) is 3.96. The van der Waals surface area contributed by atoms with Crippen molar-refractivity contribution in [1.29, 1.82) is 0 Å². The number of hydrogen-bond acceptors (Lipinski definition) is 6. The number of aromatic nitrogens is 2. The number of benzene rings is 1. The normalized spacial score (nSPS) is 14.1. The average Bonchev–Trinajstić information content (AvgIpc) is 2.83. The Balaban J connectivity index is 1.73. The summed E-state index contributed by atoms with van der Waals surface area (Å²) in [7, 11) is 0. The maximum Gasteiger partial charge on any atom is 0.410 e. The number of carboxylic acids is 1. The summed E-state index contributed by atoms with van der Waals surface area (Å²) in [6, 6.07) is 13.4. The van der Waals surface area contributed by atoms with Gasteiger partial charge in [-0.3, -0.25) is 0 Å². The van der Waals surface area contributed by atoms with Crippen LogP contribution in [0.2, 0.25) is 0 Å². The molecular formula is C26H27FN4O4. The molecule has 1 saturated heterocycles. The summed E-state index contributed by atoms with van der Waals surface area (Å²) in [5, 5.41) is 10.1. The number of pyridine rings is 2. The molecule has 1 aromatic carbocycles. The van der Waals surface area contributed by atoms with Crippen molar-refractivity contribution >= 4 is 17.9 Å². The monoisotopic (exact) mass is 478 g/mol. The van der Waals surface area contributed by atoms with Crippen LogP contribution in [-0.4, -0.2) is 63.8 Å². The molecule has 1 N–H and O–H groups in total. The van der Waals surface area contributed by atoms with Crippen LogP contribution in [0.5, 0.6) is 0 Å². The highest BCUT2D eigenvalue weighted by molar-refractivity contribution is 6.01. The van der Waals surface area contributed by atoms with Gasteiger partial charge in [-0.25, -0.2) is 19.6 Å². The minimum atomic E-state index is -1.12. The molecule has 0 spiro atoms. The van der Waals surface area contributed by atoms with Crippen molar-refractivity contribution in [2.24, 2.45) is 0 Å². The minimum absolute atomic E-state index is 0.0583. The lowest BCUT2D eigenvalue weighted by Crippen LogP contribution is -2.50. The Morgan fingerprint density at radius 2 is 1.69 bits per heavy atom. The van der Waals surface area contributed by atoms with Gasteiger partial charge in [0.2, 0.25) is 5.95 Å². The number of anilines is 1. The third kappa shape index (κ3) is 5.56. The Labute approximate surface area is 203 Å². The molecule has 9 heteroatoms. The van der Waals surface area contributed by atoms with Crippen molar-refractivity contribution in [1.82, 2.24) is 14.9 Å². The van der Waals surface area contributed by atoms with Crippen LogP contribution in [0.3, 0.4) is 0 Å². The number of piperazine rings is 1. The largest absolute Gasteiger partial charge is 0.478 e. The maximum absolute atomic E-state index is 14.0. The second-order valence-electron chi connectivity index (χ2n) is 9.24. The van der Waals surface area contributed by atoms with Crippen LogP contribution in [0, 0.1) is 5.95 Å². The lowest BCUT2D eigenvalue weighted by atomic mass is 9.94. The molecule has 1 aliphatic rings. The van der Waals surface area contributed by atoms with Gasteiger partial charge in [-0.15, -0.1) is 0 Å². The van der Waals surface area contributed by atoms with E-state index in [1.807, 2.05) is 43.9 Å². The van der Waals surface area contributed by atoms with Crippen LogP contribution in [-0.2, 0) is 4.74 Å². The van der Waals surface area contributed by atoms with Crippen LogP contribution in [0.15, 0.2) is 54.7 Å². The van der Waals surface area contributed by atoms with Gasteiger partial charge < -0.3 is 19.6 Å². The van der Waals surface area contributed by atoms with E-state index in [9.17, 15) is 19.1 Å². The molecule has 8 nitrogen and oxygen atoms in total. The highest BCUT2D eigenvalue weighted by Crippen LogP contribution is 2.36. The van der Waals surface area contributed by atoms with Crippen molar-refractivity contribution in [3.05, 3.63) is 66.2 Å². The van der Waals surface area contributed by atoms with Crippen LogP contribution in [0.25, 0.3) is 22.4 Å². The van der Waals surface area contributed by atoms with Crippen molar-refractivity contribution < 1.29 is 23.8 Å². The minimum Gasteiger partial charge on any atom is -0.478 e. The Hall–Kier alpha value is -4.01. The summed E-state index contributed by atoms with van der Waals surface area (Å²) in [6.45, 7) is 7.14. The first-order valence-corrected chi connectivity index (χ1v) is 11.3. The molecule has 3 aromatic rings. The third-order valence-electron chi connectivity index (χ3n) is 5.55. The van der Waals surface area contributed by atoms with E-state index in [1.54, 1.807) is 23.1 Å². The Morgan fingerprint density at radius 1 is 1.00 bits per heavy atom. The summed E-state index contributed by atoms with van der Waals surface area (Å²) >= 11 is 0. The van der Waals surface area contributed by atoms with Crippen LogP contribution < -0.4 is 4.90 Å². The first-order valence-electron chi connectivity index (χ1n) is 11.3. The molecule has 0 atom stereocenters. The summed E-state index contributed by atoms with van der Waals surface area (Å²) in [5.74, 6) is -1.36. The number of hydrogen-bond donors (Lipinski definition) is 1. The molecule has 3 heterocycles. The van der Waals surface area contributed by atoms with Gasteiger partial charge >= 0.3 is 12.1 Å². The molecule has 35 heavy (non-hydrogen) atoms. The number of rotatable bonds is 4. The van der Waals surface area contributed by atoms with Gasteiger partial charge in [0, 0.05) is 49.6 Å². The zero-order valence-corrected chi connectivity index (χ0v) is 19.9. The average molecular weight is 479 g/mol. The third-order valence-corrected chi connectivity index (χ3v) is 5.55. The van der Waals surface area contributed by atoms with E-state index in [2.05, 4.69) is 4.98 Å². The van der Waals surface area contributed by atoms with Crippen LogP contribution in [0.1, 0.15) is 31.1 Å². The van der Waals surface area contributed by atoms with Crippen LogP contribution in [0.4, 0.5) is 15.0 Å². The molecule has 4 rings (SSSR count). The molecule has 1 aliphatic heterocycles. The fourth-order valence-corrected chi connectivity index (χ4v) is 3.96. The van der Waals surface area contributed by atoms with E-state index in [0.29, 0.717) is 54.4 Å². The van der Waals surface area contributed by atoms with Gasteiger partial charge in [0.05, 0.1) is 11.3 Å². The molecule has 0 radical (unpaired) electrons. The van der Waals surface area contributed by atoms with Crippen molar-refractivity contribution in [3.8, 4) is 22.4 Å². The van der Waals surface area contributed by atoms with Gasteiger partial charge in [-0.05, 0) is 38.5 Å². The highest BCUT2D eigenvalue weighted by Gasteiger charge is 2.28. The zero-order valence-electron chi connectivity index (χ0n) is 19.9. The summed E-state index contributed by atoms with van der Waals surface area (Å²) < 4.78 is 19.5. The first-order chi connectivity index (χ1) is 16.6. The second kappa shape index (κ2) is 9.69. The number of aromatic carboxylic acids is 1. The summed E-state index contributed by atoms with van der Waals surface area (Å²) in [6.07, 6.45) is 0.942.